The van der Waals surface area contributed by atoms with Gasteiger partial charge in [0.05, 0.1) is 59.1 Å². The SMILES string of the molecule is C=CC(=O)OCCOCCOC(C)OC(C)(C)C(=O)c1ccc(Cc2ccc(C(=O)C(C)(C)OC(C)OCCOCCOC(=O)C=C)cc2)cc1.C=COCCOCCOC(=O)C=C.CC(C)(O)C(=O)c1ccc(Oc2ccc(C(=O)C(C)(C)O)cc2)cc1. The summed E-state index contributed by atoms with van der Waals surface area (Å²) >= 11 is 0. The van der Waals surface area contributed by atoms with Crippen LogP contribution in [-0.4, -0.2) is 166 Å². The van der Waals surface area contributed by atoms with E-state index in [0.29, 0.717) is 60.0 Å². The molecule has 4 rings (SSSR count). The fourth-order valence-electron chi connectivity index (χ4n) is 7.50. The van der Waals surface area contributed by atoms with Crippen molar-refractivity contribution in [3.05, 3.63) is 181 Å². The maximum atomic E-state index is 13.3. The van der Waals surface area contributed by atoms with Gasteiger partial charge in [0.25, 0.3) is 0 Å². The fourth-order valence-corrected chi connectivity index (χ4v) is 7.50. The van der Waals surface area contributed by atoms with Crippen LogP contribution in [0.1, 0.15) is 122 Å². The van der Waals surface area contributed by atoms with Crippen molar-refractivity contribution in [3.8, 4) is 11.5 Å². The van der Waals surface area contributed by atoms with Crippen molar-refractivity contribution in [1.29, 1.82) is 0 Å². The first-order valence-electron chi connectivity index (χ1n) is 28.6. The van der Waals surface area contributed by atoms with E-state index in [1.165, 1.54) is 34.0 Å². The lowest BCUT2D eigenvalue weighted by molar-refractivity contribution is -0.181. The second-order valence-electron chi connectivity index (χ2n) is 21.3. The highest BCUT2D eigenvalue weighted by molar-refractivity contribution is 6.03. The van der Waals surface area contributed by atoms with Crippen LogP contribution < -0.4 is 4.74 Å². The molecule has 0 fully saturated rings. The van der Waals surface area contributed by atoms with E-state index < -0.39 is 52.9 Å². The van der Waals surface area contributed by atoms with Gasteiger partial charge >= 0.3 is 17.9 Å². The first kappa shape index (κ1) is 77.3. The van der Waals surface area contributed by atoms with E-state index in [1.54, 1.807) is 114 Å². The summed E-state index contributed by atoms with van der Waals surface area (Å²) in [6, 6.07) is 27.6. The van der Waals surface area contributed by atoms with E-state index in [2.05, 4.69) is 31.1 Å². The van der Waals surface area contributed by atoms with Gasteiger partial charge in [-0.25, -0.2) is 14.4 Å². The summed E-state index contributed by atoms with van der Waals surface area (Å²) in [7, 11) is 0. The molecule has 2 unspecified atom stereocenters. The number of rotatable bonds is 40. The number of ether oxygens (including phenoxy) is 12. The zero-order chi connectivity index (χ0) is 66.6. The smallest absolute Gasteiger partial charge is 0.330 e. The average Bonchev–Trinajstić information content (AvgIpc) is 1.76. The third kappa shape index (κ3) is 31.3. The zero-order valence-electron chi connectivity index (χ0n) is 52.9. The van der Waals surface area contributed by atoms with E-state index >= 15 is 0 Å². The molecule has 0 spiro atoms. The van der Waals surface area contributed by atoms with E-state index in [0.717, 1.165) is 29.4 Å². The first-order valence-corrected chi connectivity index (χ1v) is 28.6. The van der Waals surface area contributed by atoms with Gasteiger partial charge in [-0.05, 0) is 135 Å². The highest BCUT2D eigenvalue weighted by atomic mass is 16.7. The Bertz CT molecular complexity index is 2680. The highest BCUT2D eigenvalue weighted by Gasteiger charge is 2.33. The molecule has 0 aromatic heterocycles. The summed E-state index contributed by atoms with van der Waals surface area (Å²) in [6.45, 7) is 32.5. The Morgan fingerprint density at radius 2 is 0.685 bits per heavy atom. The summed E-state index contributed by atoms with van der Waals surface area (Å²) in [6.07, 6.45) is 3.92. The van der Waals surface area contributed by atoms with Gasteiger partial charge in [0.1, 0.15) is 60.3 Å². The number of carbonyl (C=O) groups excluding carboxylic acids is 7. The van der Waals surface area contributed by atoms with Crippen molar-refractivity contribution in [1.82, 2.24) is 0 Å². The van der Waals surface area contributed by atoms with E-state index in [4.69, 9.17) is 52.1 Å². The number of carbonyl (C=O) groups is 7. The van der Waals surface area contributed by atoms with Gasteiger partial charge < -0.3 is 67.1 Å². The molecule has 0 bridgehead atoms. The zero-order valence-corrected chi connectivity index (χ0v) is 52.9. The Kier molecular flexibility index (Phi) is 34.7. The Labute approximate surface area is 522 Å². The number of hydrogen-bond acceptors (Lipinski definition) is 21. The molecule has 89 heavy (non-hydrogen) atoms. The quantitative estimate of drug-likeness (QED) is 0.00797. The lowest BCUT2D eigenvalue weighted by Gasteiger charge is -2.28. The molecule has 4 aromatic rings. The van der Waals surface area contributed by atoms with Gasteiger partial charge in [0.2, 0.25) is 0 Å². The molecule has 0 aliphatic rings. The summed E-state index contributed by atoms with van der Waals surface area (Å²) in [4.78, 5) is 83.0. The minimum atomic E-state index is -1.43. The minimum absolute atomic E-state index is 0.121. The maximum Gasteiger partial charge on any atom is 0.330 e. The Morgan fingerprint density at radius 3 is 0.978 bits per heavy atom. The van der Waals surface area contributed by atoms with Crippen molar-refractivity contribution in [3.63, 3.8) is 0 Å². The number of hydrogen-bond donors (Lipinski definition) is 2. The Balaban J connectivity index is 0.000000580. The molecular weight excluding hydrogens is 1150 g/mol. The summed E-state index contributed by atoms with van der Waals surface area (Å²) < 4.78 is 63.6. The topological polar surface area (TPSA) is 271 Å². The third-order valence-electron chi connectivity index (χ3n) is 12.0. The van der Waals surface area contributed by atoms with Crippen LogP contribution in [0.3, 0.4) is 0 Å². The third-order valence-corrected chi connectivity index (χ3v) is 12.0. The molecular formula is C68H88O21. The van der Waals surface area contributed by atoms with Crippen LogP contribution in [0.4, 0.5) is 0 Å². The molecule has 0 amide bonds. The van der Waals surface area contributed by atoms with Gasteiger partial charge in [-0.2, -0.15) is 0 Å². The molecule has 2 N–H and O–H groups in total. The molecule has 0 saturated heterocycles. The molecule has 4 aromatic carbocycles. The number of benzene rings is 4. The molecule has 2 atom stereocenters. The predicted octanol–water partition coefficient (Wildman–Crippen LogP) is 9.73. The lowest BCUT2D eigenvalue weighted by Crippen LogP contribution is -2.39. The van der Waals surface area contributed by atoms with Crippen molar-refractivity contribution in [2.24, 2.45) is 0 Å². The first-order chi connectivity index (χ1) is 42.0. The number of ketones is 4. The normalized spacial score (nSPS) is 12.0. The number of aliphatic hydroxyl groups is 2. The second-order valence-corrected chi connectivity index (χ2v) is 21.3. The number of Topliss-reactive ketones (excluding diaryl/α,β-unsaturated/α-hetero) is 4. The van der Waals surface area contributed by atoms with Crippen molar-refractivity contribution >= 4 is 41.0 Å². The van der Waals surface area contributed by atoms with Crippen LogP contribution in [0.15, 0.2) is 148 Å². The monoisotopic (exact) mass is 1240 g/mol. The van der Waals surface area contributed by atoms with Gasteiger partial charge in [-0.3, -0.25) is 19.2 Å². The predicted molar refractivity (Wildman–Crippen MR) is 332 cm³/mol. The van der Waals surface area contributed by atoms with Crippen LogP contribution in [0.25, 0.3) is 0 Å². The molecule has 0 heterocycles. The maximum absolute atomic E-state index is 13.3. The average molecular weight is 1240 g/mol. The van der Waals surface area contributed by atoms with Crippen molar-refractivity contribution in [2.75, 3.05) is 79.3 Å². The van der Waals surface area contributed by atoms with Gasteiger partial charge in [-0.15, -0.1) is 0 Å². The van der Waals surface area contributed by atoms with Crippen LogP contribution >= 0.6 is 0 Å². The Morgan fingerprint density at radius 1 is 0.404 bits per heavy atom. The fraction of sp³-hybridized carbons (Fsp3) is 0.426. The Hall–Kier alpha value is -7.83. The van der Waals surface area contributed by atoms with Crippen molar-refractivity contribution in [2.45, 2.75) is 111 Å². The summed E-state index contributed by atoms with van der Waals surface area (Å²) in [5.41, 5.74) is -1.32. The molecule has 0 saturated carbocycles. The van der Waals surface area contributed by atoms with Crippen LogP contribution in [0.2, 0.25) is 0 Å². The molecule has 0 aliphatic heterocycles. The lowest BCUT2D eigenvalue weighted by atomic mass is 9.93. The van der Waals surface area contributed by atoms with Crippen LogP contribution in [0.5, 0.6) is 11.5 Å². The second kappa shape index (κ2) is 39.9. The molecule has 0 radical (unpaired) electrons. The van der Waals surface area contributed by atoms with Gasteiger partial charge in [-0.1, -0.05) is 74.8 Å². The van der Waals surface area contributed by atoms with E-state index in [9.17, 15) is 43.8 Å². The van der Waals surface area contributed by atoms with Gasteiger partial charge in [0, 0.05) is 40.5 Å². The van der Waals surface area contributed by atoms with E-state index in [-0.39, 0.29) is 82.6 Å². The number of esters is 3. The molecule has 486 valence electrons. The standard InChI is InChI=1S/C39H52O12.C20H22O5.C9H14O4/c1-9-34(40)48-25-21-44-19-23-46-28(3)50-38(5,6)36(42)32-15-11-30(12-16-32)27-31-13-17-33(18-14-31)37(43)39(7,8)51-29(4)47-24-20-45-22-26-49-35(41)10-2;1-19(2,23)17(21)13-5-9-15(10-6-13)25-16-11-7-14(8-12-16)18(22)20(3,4)24;1-3-9(10)13-8-7-12-6-5-11-4-2/h9-18,28-29H,1-2,19-27H2,3-8H3;5-12,23-24H,1-4H3;3-4H,1-2,5-8H2. The van der Waals surface area contributed by atoms with Crippen LogP contribution in [-0.2, 0) is 72.9 Å². The highest BCUT2D eigenvalue weighted by Crippen LogP contribution is 2.26. The summed E-state index contributed by atoms with van der Waals surface area (Å²) in [5, 5.41) is 19.5. The van der Waals surface area contributed by atoms with E-state index in [1.807, 2.05) is 24.3 Å². The minimum Gasteiger partial charge on any atom is -0.499 e. The molecule has 0 aliphatic carbocycles. The summed E-state index contributed by atoms with van der Waals surface area (Å²) in [5.74, 6) is -1.51. The van der Waals surface area contributed by atoms with Crippen LogP contribution in [0, 0.1) is 0 Å². The molecule has 21 nitrogen and oxygen atoms in total. The van der Waals surface area contributed by atoms with Gasteiger partial charge in [0.15, 0.2) is 35.7 Å². The molecule has 21 heteroatoms. The van der Waals surface area contributed by atoms with Crippen molar-refractivity contribution < 1.29 is 101 Å². The largest absolute Gasteiger partial charge is 0.499 e.